The van der Waals surface area contributed by atoms with Gasteiger partial charge in [0.15, 0.2) is 5.78 Å². The van der Waals surface area contributed by atoms with Crippen molar-refractivity contribution in [1.82, 2.24) is 0 Å². The van der Waals surface area contributed by atoms with Crippen molar-refractivity contribution >= 4 is 5.78 Å². The molecule has 0 radical (unpaired) electrons. The Morgan fingerprint density at radius 1 is 1.11 bits per heavy atom. The van der Waals surface area contributed by atoms with Gasteiger partial charge in [-0.05, 0) is 30.5 Å². The first kappa shape index (κ1) is 13.4. The summed E-state index contributed by atoms with van der Waals surface area (Å²) < 4.78 is 27.7. The summed E-state index contributed by atoms with van der Waals surface area (Å²) in [5.41, 5.74) is 0.931. The van der Waals surface area contributed by atoms with E-state index < -0.39 is 23.0 Å². The van der Waals surface area contributed by atoms with E-state index >= 15 is 0 Å². The smallest absolute Gasteiger partial charge is 0.199 e. The zero-order valence-electron chi connectivity index (χ0n) is 10.8. The summed E-state index contributed by atoms with van der Waals surface area (Å²) in [5, 5.41) is 0. The molecule has 2 rings (SSSR count). The third-order valence-corrected chi connectivity index (χ3v) is 3.15. The third kappa shape index (κ3) is 2.41. The van der Waals surface area contributed by atoms with Gasteiger partial charge < -0.3 is 0 Å². The van der Waals surface area contributed by atoms with E-state index in [1.165, 1.54) is 13.0 Å². The predicted molar refractivity (Wildman–Crippen MR) is 70.3 cm³/mol. The topological polar surface area (TPSA) is 17.1 Å². The number of hydrogen-bond donors (Lipinski definition) is 0. The molecule has 0 spiro atoms. The molecule has 2 aromatic carbocycles. The standard InChI is InChI=1S/C16H14F2O/c1-3-11-6-4-5-7-12(11)16(19)14-13(17)9-8-10(2)15(14)18/h4-9H,3H2,1-2H3. The lowest BCUT2D eigenvalue weighted by Gasteiger charge is -2.09. The second-order valence-electron chi connectivity index (χ2n) is 4.39. The second kappa shape index (κ2) is 5.31. The van der Waals surface area contributed by atoms with Crippen molar-refractivity contribution in [3.8, 4) is 0 Å². The van der Waals surface area contributed by atoms with Crippen LogP contribution in [0.1, 0.15) is 34.0 Å². The summed E-state index contributed by atoms with van der Waals surface area (Å²) in [6.07, 6.45) is 0.636. The van der Waals surface area contributed by atoms with Crippen LogP contribution in [0, 0.1) is 18.6 Å². The molecular formula is C16H14F2O. The number of ketones is 1. The van der Waals surface area contributed by atoms with Crippen LogP contribution >= 0.6 is 0 Å². The maximum Gasteiger partial charge on any atom is 0.199 e. The van der Waals surface area contributed by atoms with Gasteiger partial charge in [0.2, 0.25) is 0 Å². The molecule has 0 bridgehead atoms. The molecule has 98 valence electrons. The number of benzene rings is 2. The molecule has 0 N–H and O–H groups in total. The molecule has 3 heteroatoms. The fourth-order valence-electron chi connectivity index (χ4n) is 2.05. The van der Waals surface area contributed by atoms with Crippen LogP contribution < -0.4 is 0 Å². The molecular weight excluding hydrogens is 246 g/mol. The molecule has 0 saturated carbocycles. The Kier molecular flexibility index (Phi) is 3.74. The largest absolute Gasteiger partial charge is 0.288 e. The first-order valence-corrected chi connectivity index (χ1v) is 6.13. The molecule has 0 aliphatic carbocycles. The molecule has 0 atom stereocenters. The summed E-state index contributed by atoms with van der Waals surface area (Å²) in [5.74, 6) is -2.20. The van der Waals surface area contributed by atoms with Crippen molar-refractivity contribution in [1.29, 1.82) is 0 Å². The molecule has 0 aliphatic heterocycles. The van der Waals surface area contributed by atoms with Gasteiger partial charge in [0.25, 0.3) is 0 Å². The average Bonchev–Trinajstić information content (AvgIpc) is 2.43. The number of carbonyl (C=O) groups excluding carboxylic acids is 1. The first-order chi connectivity index (χ1) is 9.06. The van der Waals surface area contributed by atoms with Gasteiger partial charge in [-0.2, -0.15) is 0 Å². The lowest BCUT2D eigenvalue weighted by atomic mass is 9.95. The Labute approximate surface area is 110 Å². The molecule has 0 heterocycles. The minimum absolute atomic E-state index is 0.263. The normalized spacial score (nSPS) is 10.5. The maximum absolute atomic E-state index is 14.0. The minimum Gasteiger partial charge on any atom is -0.288 e. The summed E-state index contributed by atoms with van der Waals surface area (Å²) >= 11 is 0. The van der Waals surface area contributed by atoms with E-state index in [9.17, 15) is 13.6 Å². The Morgan fingerprint density at radius 2 is 1.79 bits per heavy atom. The summed E-state index contributed by atoms with van der Waals surface area (Å²) in [6, 6.07) is 9.34. The highest BCUT2D eigenvalue weighted by atomic mass is 19.1. The quantitative estimate of drug-likeness (QED) is 0.760. The van der Waals surface area contributed by atoms with Gasteiger partial charge in [-0.15, -0.1) is 0 Å². The van der Waals surface area contributed by atoms with Crippen LogP contribution in [0.2, 0.25) is 0 Å². The maximum atomic E-state index is 14.0. The molecule has 0 saturated heterocycles. The van der Waals surface area contributed by atoms with E-state index in [1.54, 1.807) is 24.3 Å². The summed E-state index contributed by atoms with van der Waals surface area (Å²) in [4.78, 5) is 12.3. The molecule has 0 fully saturated rings. The zero-order chi connectivity index (χ0) is 14.0. The van der Waals surface area contributed by atoms with Crippen molar-refractivity contribution in [3.05, 3.63) is 70.3 Å². The van der Waals surface area contributed by atoms with E-state index in [0.717, 1.165) is 11.6 Å². The molecule has 1 nitrogen and oxygen atoms in total. The van der Waals surface area contributed by atoms with E-state index in [1.807, 2.05) is 6.92 Å². The van der Waals surface area contributed by atoms with Crippen molar-refractivity contribution in [2.45, 2.75) is 20.3 Å². The molecule has 0 aromatic heterocycles. The molecule has 19 heavy (non-hydrogen) atoms. The Balaban J connectivity index is 2.60. The van der Waals surface area contributed by atoms with Crippen molar-refractivity contribution < 1.29 is 13.6 Å². The summed E-state index contributed by atoms with van der Waals surface area (Å²) in [6.45, 7) is 3.41. The van der Waals surface area contributed by atoms with E-state index in [-0.39, 0.29) is 5.56 Å². The van der Waals surface area contributed by atoms with Gasteiger partial charge in [-0.3, -0.25) is 4.79 Å². The van der Waals surface area contributed by atoms with Gasteiger partial charge in [0.1, 0.15) is 11.6 Å². The monoisotopic (exact) mass is 260 g/mol. The Morgan fingerprint density at radius 3 is 2.47 bits per heavy atom. The Hall–Kier alpha value is -2.03. The van der Waals surface area contributed by atoms with E-state index in [2.05, 4.69) is 0 Å². The van der Waals surface area contributed by atoms with Crippen molar-refractivity contribution in [3.63, 3.8) is 0 Å². The van der Waals surface area contributed by atoms with Crippen molar-refractivity contribution in [2.24, 2.45) is 0 Å². The van der Waals surface area contributed by atoms with E-state index in [0.29, 0.717) is 12.0 Å². The molecule has 2 aromatic rings. The Bertz CT molecular complexity index is 633. The molecule has 0 amide bonds. The van der Waals surface area contributed by atoms with Crippen LogP contribution in [0.25, 0.3) is 0 Å². The third-order valence-electron chi connectivity index (χ3n) is 3.15. The lowest BCUT2D eigenvalue weighted by molar-refractivity contribution is 0.103. The van der Waals surface area contributed by atoms with Crippen molar-refractivity contribution in [2.75, 3.05) is 0 Å². The van der Waals surface area contributed by atoms with Crippen LogP contribution in [0.15, 0.2) is 36.4 Å². The van der Waals surface area contributed by atoms with Crippen LogP contribution in [0.4, 0.5) is 8.78 Å². The minimum atomic E-state index is -0.820. The zero-order valence-corrected chi connectivity index (χ0v) is 10.8. The van der Waals surface area contributed by atoms with Crippen LogP contribution in [0.5, 0.6) is 0 Å². The molecule has 0 unspecified atom stereocenters. The van der Waals surface area contributed by atoms with Crippen LogP contribution in [-0.2, 0) is 6.42 Å². The predicted octanol–water partition coefficient (Wildman–Crippen LogP) is 4.07. The van der Waals surface area contributed by atoms with Gasteiger partial charge in [0, 0.05) is 5.56 Å². The highest BCUT2D eigenvalue weighted by Gasteiger charge is 2.21. The van der Waals surface area contributed by atoms with Crippen LogP contribution in [0.3, 0.4) is 0 Å². The van der Waals surface area contributed by atoms with Gasteiger partial charge >= 0.3 is 0 Å². The number of hydrogen-bond acceptors (Lipinski definition) is 1. The fraction of sp³-hybridized carbons (Fsp3) is 0.188. The number of halogens is 2. The van der Waals surface area contributed by atoms with Gasteiger partial charge in [-0.25, -0.2) is 8.78 Å². The van der Waals surface area contributed by atoms with Gasteiger partial charge in [0.05, 0.1) is 5.56 Å². The highest BCUT2D eigenvalue weighted by molar-refractivity contribution is 6.10. The number of carbonyl (C=O) groups is 1. The number of rotatable bonds is 3. The summed E-state index contributed by atoms with van der Waals surface area (Å²) in [7, 11) is 0. The first-order valence-electron chi connectivity index (χ1n) is 6.13. The highest BCUT2D eigenvalue weighted by Crippen LogP contribution is 2.22. The number of aryl methyl sites for hydroxylation is 2. The van der Waals surface area contributed by atoms with Crippen LogP contribution in [-0.4, -0.2) is 5.78 Å². The van der Waals surface area contributed by atoms with Gasteiger partial charge in [-0.1, -0.05) is 37.3 Å². The fourth-order valence-corrected chi connectivity index (χ4v) is 2.05. The lowest BCUT2D eigenvalue weighted by Crippen LogP contribution is -2.11. The van der Waals surface area contributed by atoms with E-state index in [4.69, 9.17) is 0 Å². The molecule has 0 aliphatic rings. The SMILES string of the molecule is CCc1ccccc1C(=O)c1c(F)ccc(C)c1F. The average molecular weight is 260 g/mol. The second-order valence-corrected chi connectivity index (χ2v) is 4.39.